The van der Waals surface area contributed by atoms with Gasteiger partial charge in [-0.3, -0.25) is 4.79 Å². The summed E-state index contributed by atoms with van der Waals surface area (Å²) in [4.78, 5) is 43.6. The second-order valence-electron chi connectivity index (χ2n) is 8.08. The van der Waals surface area contributed by atoms with Gasteiger partial charge in [-0.25, -0.2) is 14.2 Å². The highest BCUT2D eigenvalue weighted by atomic mass is 79.9. The van der Waals surface area contributed by atoms with Crippen molar-refractivity contribution in [1.82, 2.24) is 14.1 Å². The second-order valence-corrected chi connectivity index (χ2v) is 9.74. The maximum absolute atomic E-state index is 13.3. The quantitative estimate of drug-likeness (QED) is 0.348. The largest absolute Gasteiger partial charge is 0.477 e. The average Bonchev–Trinajstić information content (AvgIpc) is 3.37. The molecule has 172 valence electrons. The van der Waals surface area contributed by atoms with Crippen LogP contribution in [-0.4, -0.2) is 39.3 Å². The number of halogens is 1. The third kappa shape index (κ3) is 3.55. The molecular formula is C24H19BrN4O4S. The number of aromatic carboxylic acids is 1. The number of benzene rings is 2. The first-order valence-electron chi connectivity index (χ1n) is 10.3. The topological polar surface area (TPSA) is 100 Å². The van der Waals surface area contributed by atoms with Gasteiger partial charge < -0.3 is 19.6 Å². The minimum Gasteiger partial charge on any atom is -0.477 e. The van der Waals surface area contributed by atoms with E-state index in [1.54, 1.807) is 33.5 Å². The fourth-order valence-corrected chi connectivity index (χ4v) is 5.29. The lowest BCUT2D eigenvalue weighted by atomic mass is 10.2. The van der Waals surface area contributed by atoms with Crippen molar-refractivity contribution in [2.75, 3.05) is 19.0 Å². The van der Waals surface area contributed by atoms with Gasteiger partial charge in [0.2, 0.25) is 0 Å². The number of nitrogens with one attached hydrogen (secondary N) is 1. The number of hydrogen-bond donors (Lipinski definition) is 2. The maximum Gasteiger partial charge on any atom is 0.354 e. The van der Waals surface area contributed by atoms with Crippen LogP contribution in [0, 0.1) is 0 Å². The van der Waals surface area contributed by atoms with E-state index in [2.05, 4.69) is 20.9 Å². The smallest absolute Gasteiger partial charge is 0.354 e. The molecule has 5 aromatic rings. The van der Waals surface area contributed by atoms with E-state index < -0.39 is 17.2 Å². The van der Waals surface area contributed by atoms with Gasteiger partial charge in [-0.2, -0.15) is 0 Å². The van der Waals surface area contributed by atoms with E-state index in [-0.39, 0.29) is 17.9 Å². The van der Waals surface area contributed by atoms with E-state index in [9.17, 15) is 19.5 Å². The van der Waals surface area contributed by atoms with Crippen molar-refractivity contribution in [3.05, 3.63) is 89.8 Å². The van der Waals surface area contributed by atoms with Crippen molar-refractivity contribution >= 4 is 60.7 Å². The molecule has 0 aliphatic heterocycles. The molecule has 0 fully saturated rings. The van der Waals surface area contributed by atoms with Crippen LogP contribution in [0.2, 0.25) is 0 Å². The zero-order valence-corrected chi connectivity index (χ0v) is 20.6. The van der Waals surface area contributed by atoms with Crippen LogP contribution in [0.3, 0.4) is 0 Å². The minimum atomic E-state index is -1.23. The van der Waals surface area contributed by atoms with Gasteiger partial charge in [-0.15, -0.1) is 11.3 Å². The molecule has 0 aliphatic rings. The molecule has 0 radical (unpaired) electrons. The van der Waals surface area contributed by atoms with E-state index >= 15 is 0 Å². The lowest BCUT2D eigenvalue weighted by Crippen LogP contribution is -2.34. The normalized spacial score (nSPS) is 11.4. The summed E-state index contributed by atoms with van der Waals surface area (Å²) in [5, 5.41) is 14.4. The third-order valence-corrected chi connectivity index (χ3v) is 6.97. The molecule has 0 amide bonds. The molecule has 0 saturated carbocycles. The number of thiophene rings is 1. The molecule has 10 heteroatoms. The summed E-state index contributed by atoms with van der Waals surface area (Å²) < 4.78 is 3.27. The molecule has 34 heavy (non-hydrogen) atoms. The summed E-state index contributed by atoms with van der Waals surface area (Å²) in [6.07, 6.45) is 0. The molecule has 2 N–H and O–H groups in total. The van der Waals surface area contributed by atoms with Crippen molar-refractivity contribution in [2.24, 2.45) is 0 Å². The van der Waals surface area contributed by atoms with E-state index in [0.29, 0.717) is 26.3 Å². The third-order valence-electron chi connectivity index (χ3n) is 5.73. The second kappa shape index (κ2) is 8.30. The zero-order valence-electron chi connectivity index (χ0n) is 18.2. The lowest BCUT2D eigenvalue weighted by molar-refractivity contribution is 0.0686. The molecule has 0 atom stereocenters. The number of anilines is 1. The number of aromatic nitrogens is 3. The number of rotatable bonds is 5. The van der Waals surface area contributed by atoms with Crippen LogP contribution in [0.25, 0.3) is 27.5 Å². The molecule has 3 heterocycles. The Kier molecular flexibility index (Phi) is 5.41. The molecule has 3 aromatic heterocycles. The van der Waals surface area contributed by atoms with Crippen LogP contribution in [0.5, 0.6) is 0 Å². The monoisotopic (exact) mass is 538 g/mol. The van der Waals surface area contributed by atoms with Crippen molar-refractivity contribution in [3.8, 4) is 5.69 Å². The summed E-state index contributed by atoms with van der Waals surface area (Å²) >= 11 is 4.73. The Morgan fingerprint density at radius 2 is 1.91 bits per heavy atom. The Morgan fingerprint density at radius 3 is 2.65 bits per heavy atom. The Hall–Kier alpha value is -3.63. The van der Waals surface area contributed by atoms with Gasteiger partial charge in [0.1, 0.15) is 0 Å². The lowest BCUT2D eigenvalue weighted by Gasteiger charge is -2.15. The van der Waals surface area contributed by atoms with E-state index in [1.807, 2.05) is 43.3 Å². The average molecular weight is 539 g/mol. The number of aromatic amines is 1. The van der Waals surface area contributed by atoms with Crippen molar-refractivity contribution in [1.29, 1.82) is 0 Å². The Bertz CT molecular complexity index is 1710. The predicted molar refractivity (Wildman–Crippen MR) is 138 cm³/mol. The summed E-state index contributed by atoms with van der Waals surface area (Å²) in [6.45, 7) is 0.245. The summed E-state index contributed by atoms with van der Waals surface area (Å²) in [7, 11) is 3.86. The minimum absolute atomic E-state index is 0.0481. The maximum atomic E-state index is 13.3. The van der Waals surface area contributed by atoms with E-state index in [4.69, 9.17) is 0 Å². The number of fused-ring (bicyclic) bond motifs is 2. The first-order valence-corrected chi connectivity index (χ1v) is 12.0. The van der Waals surface area contributed by atoms with Gasteiger partial charge in [0.15, 0.2) is 5.69 Å². The van der Waals surface area contributed by atoms with Crippen LogP contribution in [0.4, 0.5) is 5.69 Å². The number of nitrogens with zero attached hydrogens (tertiary/aromatic N) is 3. The summed E-state index contributed by atoms with van der Waals surface area (Å²) in [5.74, 6) is -1.23. The molecule has 0 saturated heterocycles. The van der Waals surface area contributed by atoms with Crippen LogP contribution < -0.4 is 16.1 Å². The fraction of sp³-hybridized carbons (Fsp3) is 0.125. The standard InChI is InChI=1S/C24H19BrN4O4S/c1-27(2)15-5-3-4-13(8-15)10-28-19-7-6-14(25)9-16(19)20(21(28)23(31)32)29-22(30)17-11-34-12-18(17)26-24(29)33/h3-9,11-12H,10H2,1-2H3,(H,26,33)(H,31,32). The Balaban J connectivity index is 1.86. The highest BCUT2D eigenvalue weighted by Gasteiger charge is 2.27. The van der Waals surface area contributed by atoms with Crippen molar-refractivity contribution < 1.29 is 9.90 Å². The highest BCUT2D eigenvalue weighted by molar-refractivity contribution is 9.10. The molecule has 5 rings (SSSR count). The Morgan fingerprint density at radius 1 is 1.12 bits per heavy atom. The Labute approximate surface area is 205 Å². The number of carboxylic acid groups (broad SMARTS) is 1. The van der Waals surface area contributed by atoms with E-state index in [0.717, 1.165) is 15.8 Å². The van der Waals surface area contributed by atoms with Gasteiger partial charge in [0, 0.05) is 46.9 Å². The molecule has 0 spiro atoms. The summed E-state index contributed by atoms with van der Waals surface area (Å²) in [5.41, 5.74) is 1.56. The van der Waals surface area contributed by atoms with Gasteiger partial charge in [0.25, 0.3) is 5.56 Å². The first kappa shape index (κ1) is 22.2. The molecular weight excluding hydrogens is 520 g/mol. The highest BCUT2D eigenvalue weighted by Crippen LogP contribution is 2.32. The van der Waals surface area contributed by atoms with Crippen LogP contribution in [0.15, 0.2) is 67.3 Å². The van der Waals surface area contributed by atoms with Crippen LogP contribution in [0.1, 0.15) is 16.1 Å². The van der Waals surface area contributed by atoms with Crippen LogP contribution in [-0.2, 0) is 6.54 Å². The molecule has 0 unspecified atom stereocenters. The van der Waals surface area contributed by atoms with Crippen molar-refractivity contribution in [2.45, 2.75) is 6.54 Å². The number of carbonyl (C=O) groups is 1. The first-order chi connectivity index (χ1) is 16.3. The molecule has 0 bridgehead atoms. The van der Waals surface area contributed by atoms with Crippen molar-refractivity contribution in [3.63, 3.8) is 0 Å². The van der Waals surface area contributed by atoms with Gasteiger partial charge >= 0.3 is 11.7 Å². The molecule has 8 nitrogen and oxygen atoms in total. The molecule has 0 aliphatic carbocycles. The van der Waals surface area contributed by atoms with E-state index in [1.165, 1.54) is 11.3 Å². The van der Waals surface area contributed by atoms with Crippen LogP contribution >= 0.6 is 27.3 Å². The molecule has 2 aromatic carbocycles. The van der Waals surface area contributed by atoms with Gasteiger partial charge in [-0.1, -0.05) is 28.1 Å². The number of H-pyrrole nitrogens is 1. The fourth-order valence-electron chi connectivity index (χ4n) is 4.18. The predicted octanol–water partition coefficient (Wildman–Crippen LogP) is 4.27. The zero-order chi connectivity index (χ0) is 24.1. The number of carboxylic acids is 1. The summed E-state index contributed by atoms with van der Waals surface area (Å²) in [6, 6.07) is 13.1. The van der Waals surface area contributed by atoms with Gasteiger partial charge in [0.05, 0.1) is 22.1 Å². The SMILES string of the molecule is CN(C)c1cccc(Cn2c(C(=O)O)c(-n3c(=O)[nH]c4cscc4c3=O)c3cc(Br)ccc32)c1. The number of hydrogen-bond acceptors (Lipinski definition) is 5. The van der Waals surface area contributed by atoms with Gasteiger partial charge in [-0.05, 0) is 35.9 Å².